The van der Waals surface area contributed by atoms with Gasteiger partial charge in [-0.25, -0.2) is 0 Å². The quantitative estimate of drug-likeness (QED) is 0.371. The first-order valence-electron chi connectivity index (χ1n) is 9.81. The molecule has 30 heavy (non-hydrogen) atoms. The molecule has 0 amide bonds. The van der Waals surface area contributed by atoms with Crippen molar-refractivity contribution in [3.63, 3.8) is 0 Å². The lowest BCUT2D eigenvalue weighted by molar-refractivity contribution is -0.142. The Balaban J connectivity index is 1.57. The smallest absolute Gasteiger partial charge is 0.306 e. The summed E-state index contributed by atoms with van der Waals surface area (Å²) in [7, 11) is 0. The second-order valence-corrected chi connectivity index (χ2v) is 8.75. The van der Waals surface area contributed by atoms with E-state index >= 15 is 0 Å². The van der Waals surface area contributed by atoms with Gasteiger partial charge in [0.1, 0.15) is 0 Å². The van der Waals surface area contributed by atoms with E-state index in [1.807, 2.05) is 74.7 Å². The van der Waals surface area contributed by atoms with E-state index in [0.717, 1.165) is 26.8 Å². The first-order chi connectivity index (χ1) is 14.3. The molecule has 0 aliphatic rings. The summed E-state index contributed by atoms with van der Waals surface area (Å²) in [6.07, 6.45) is 0.0377. The number of aryl methyl sites for hydroxylation is 3. The summed E-state index contributed by atoms with van der Waals surface area (Å²) in [6, 6.07) is 13.4. The van der Waals surface area contributed by atoms with Crippen LogP contribution in [0.1, 0.15) is 54.7 Å². The molecule has 2 aromatic heterocycles. The SMILES string of the molecule is Cc1cc(C(=O)CCC(=O)OCC(=O)c2cc(C)n(-c3ccccc3)c2C)c(C)s1. The van der Waals surface area contributed by atoms with Gasteiger partial charge in [0.2, 0.25) is 5.78 Å². The fourth-order valence-electron chi connectivity index (χ4n) is 3.57. The van der Waals surface area contributed by atoms with Crippen molar-refractivity contribution in [3.8, 4) is 5.69 Å². The Morgan fingerprint density at radius 3 is 2.23 bits per heavy atom. The van der Waals surface area contributed by atoms with Gasteiger partial charge in [-0.2, -0.15) is 0 Å². The lowest BCUT2D eigenvalue weighted by Crippen LogP contribution is -2.15. The summed E-state index contributed by atoms with van der Waals surface area (Å²) in [5, 5.41) is 0. The van der Waals surface area contributed by atoms with Crippen LogP contribution in [0.15, 0.2) is 42.5 Å². The van der Waals surface area contributed by atoms with Gasteiger partial charge in [-0.1, -0.05) is 18.2 Å². The molecule has 0 spiro atoms. The number of aromatic nitrogens is 1. The van der Waals surface area contributed by atoms with Gasteiger partial charge in [-0.3, -0.25) is 14.4 Å². The highest BCUT2D eigenvalue weighted by Crippen LogP contribution is 2.23. The molecule has 3 rings (SSSR count). The number of esters is 1. The van der Waals surface area contributed by atoms with Crippen LogP contribution in [0.3, 0.4) is 0 Å². The van der Waals surface area contributed by atoms with Crippen LogP contribution in [0.25, 0.3) is 5.69 Å². The lowest BCUT2D eigenvalue weighted by Gasteiger charge is -2.09. The van der Waals surface area contributed by atoms with E-state index in [9.17, 15) is 14.4 Å². The van der Waals surface area contributed by atoms with Gasteiger partial charge < -0.3 is 9.30 Å². The zero-order valence-corrected chi connectivity index (χ0v) is 18.5. The van der Waals surface area contributed by atoms with Crippen LogP contribution in [0.5, 0.6) is 0 Å². The average Bonchev–Trinajstić information content (AvgIpc) is 3.22. The monoisotopic (exact) mass is 423 g/mol. The molecule has 0 bridgehead atoms. The molecule has 2 heterocycles. The fraction of sp³-hybridized carbons (Fsp3) is 0.292. The Bertz CT molecular complexity index is 1090. The van der Waals surface area contributed by atoms with Gasteiger partial charge in [-0.05, 0) is 52.0 Å². The van der Waals surface area contributed by atoms with E-state index in [2.05, 4.69) is 0 Å². The molecule has 0 unspecified atom stereocenters. The number of Topliss-reactive ketones (excluding diaryl/α,β-unsaturated/α-hetero) is 2. The molecule has 0 aliphatic heterocycles. The van der Waals surface area contributed by atoms with Crippen molar-refractivity contribution in [1.82, 2.24) is 4.57 Å². The maximum absolute atomic E-state index is 12.6. The van der Waals surface area contributed by atoms with Crippen LogP contribution >= 0.6 is 11.3 Å². The third-order valence-corrected chi connectivity index (χ3v) is 5.97. The minimum absolute atomic E-state index is 0.0382. The fourth-order valence-corrected chi connectivity index (χ4v) is 4.52. The van der Waals surface area contributed by atoms with Crippen LogP contribution in [0, 0.1) is 27.7 Å². The second kappa shape index (κ2) is 9.22. The van der Waals surface area contributed by atoms with Crippen LogP contribution in [-0.4, -0.2) is 28.7 Å². The number of rotatable bonds is 8. The van der Waals surface area contributed by atoms with Crippen LogP contribution in [0.2, 0.25) is 0 Å². The summed E-state index contributed by atoms with van der Waals surface area (Å²) >= 11 is 1.56. The number of benzene rings is 1. The third kappa shape index (κ3) is 4.76. The number of ether oxygens (including phenoxy) is 1. The molecule has 0 saturated heterocycles. The van der Waals surface area contributed by atoms with E-state index in [-0.39, 0.29) is 31.0 Å². The van der Waals surface area contributed by atoms with Crippen LogP contribution in [0.4, 0.5) is 0 Å². The Labute approximate surface area is 180 Å². The van der Waals surface area contributed by atoms with E-state index in [1.165, 1.54) is 0 Å². The molecule has 0 atom stereocenters. The zero-order chi connectivity index (χ0) is 21.8. The van der Waals surface area contributed by atoms with Crippen molar-refractivity contribution in [2.45, 2.75) is 40.5 Å². The number of hydrogen-bond acceptors (Lipinski definition) is 5. The summed E-state index contributed by atoms with van der Waals surface area (Å²) < 4.78 is 7.14. The van der Waals surface area contributed by atoms with Gasteiger partial charge in [0, 0.05) is 44.4 Å². The molecule has 3 aromatic rings. The second-order valence-electron chi connectivity index (χ2n) is 7.29. The molecular formula is C24H25NO4S. The molecule has 156 valence electrons. The van der Waals surface area contributed by atoms with Crippen LogP contribution < -0.4 is 0 Å². The number of nitrogens with zero attached hydrogens (tertiary/aromatic N) is 1. The molecule has 1 aromatic carbocycles. The first-order valence-corrected chi connectivity index (χ1v) is 10.6. The van der Waals surface area contributed by atoms with Crippen molar-refractivity contribution in [1.29, 1.82) is 0 Å². The third-order valence-electron chi connectivity index (χ3n) is 5.01. The van der Waals surface area contributed by atoms with E-state index in [0.29, 0.717) is 11.1 Å². The molecule has 0 radical (unpaired) electrons. The van der Waals surface area contributed by atoms with Crippen molar-refractivity contribution < 1.29 is 19.1 Å². The van der Waals surface area contributed by atoms with Gasteiger partial charge in [-0.15, -0.1) is 11.3 Å². The first kappa shape index (κ1) is 21.7. The van der Waals surface area contributed by atoms with Gasteiger partial charge in [0.15, 0.2) is 12.4 Å². The van der Waals surface area contributed by atoms with Crippen LogP contribution in [-0.2, 0) is 9.53 Å². The average molecular weight is 424 g/mol. The maximum Gasteiger partial charge on any atom is 0.306 e. The lowest BCUT2D eigenvalue weighted by atomic mass is 10.1. The zero-order valence-electron chi connectivity index (χ0n) is 17.7. The van der Waals surface area contributed by atoms with Crippen molar-refractivity contribution >= 4 is 28.9 Å². The van der Waals surface area contributed by atoms with E-state index < -0.39 is 5.97 Å². The topological polar surface area (TPSA) is 65.4 Å². The normalized spacial score (nSPS) is 10.8. The Morgan fingerprint density at radius 1 is 0.900 bits per heavy atom. The number of carbonyl (C=O) groups excluding carboxylic acids is 3. The maximum atomic E-state index is 12.6. The minimum Gasteiger partial charge on any atom is -0.457 e. The van der Waals surface area contributed by atoms with Gasteiger partial charge in [0.25, 0.3) is 0 Å². The molecule has 0 N–H and O–H groups in total. The number of thiophene rings is 1. The highest BCUT2D eigenvalue weighted by atomic mass is 32.1. The van der Waals surface area contributed by atoms with Gasteiger partial charge in [0.05, 0.1) is 6.42 Å². The highest BCUT2D eigenvalue weighted by molar-refractivity contribution is 7.12. The Morgan fingerprint density at radius 2 is 1.60 bits per heavy atom. The largest absolute Gasteiger partial charge is 0.457 e. The number of ketones is 2. The van der Waals surface area contributed by atoms with Crippen molar-refractivity contribution in [2.75, 3.05) is 6.61 Å². The number of carbonyl (C=O) groups is 3. The summed E-state index contributed by atoms with van der Waals surface area (Å²) in [5.41, 5.74) is 3.90. The molecular weight excluding hydrogens is 398 g/mol. The molecule has 0 aliphatic carbocycles. The van der Waals surface area contributed by atoms with Crippen molar-refractivity contribution in [2.24, 2.45) is 0 Å². The predicted molar refractivity (Wildman–Crippen MR) is 118 cm³/mol. The molecule has 0 saturated carbocycles. The molecule has 0 fully saturated rings. The predicted octanol–water partition coefficient (Wildman–Crippen LogP) is 5.16. The van der Waals surface area contributed by atoms with E-state index in [4.69, 9.17) is 4.74 Å². The molecule has 5 nitrogen and oxygen atoms in total. The standard InChI is InChI=1S/C24H25NO4S/c1-15-12-20(17(3)25(15)19-8-6-5-7-9-19)23(27)14-29-24(28)11-10-22(26)21-13-16(2)30-18(21)4/h5-9,12-13H,10-11,14H2,1-4H3. The molecule has 6 heteroatoms. The Hall–Kier alpha value is -2.99. The van der Waals surface area contributed by atoms with Gasteiger partial charge >= 0.3 is 5.97 Å². The highest BCUT2D eigenvalue weighted by Gasteiger charge is 2.19. The summed E-state index contributed by atoms with van der Waals surface area (Å²) in [6.45, 7) is 7.32. The number of para-hydroxylation sites is 1. The Kier molecular flexibility index (Phi) is 6.67. The van der Waals surface area contributed by atoms with Crippen molar-refractivity contribution in [3.05, 3.63) is 74.7 Å². The van der Waals surface area contributed by atoms with E-state index in [1.54, 1.807) is 11.3 Å². The minimum atomic E-state index is -0.543. The summed E-state index contributed by atoms with van der Waals surface area (Å²) in [4.78, 5) is 39.0. The summed E-state index contributed by atoms with van der Waals surface area (Å²) in [5.74, 6) is -0.876. The number of hydrogen-bond donors (Lipinski definition) is 0.